The van der Waals surface area contributed by atoms with Crippen LogP contribution in [0.3, 0.4) is 0 Å². The van der Waals surface area contributed by atoms with Crippen molar-refractivity contribution in [1.82, 2.24) is 16.0 Å². The van der Waals surface area contributed by atoms with E-state index in [9.17, 15) is 29.4 Å². The second-order valence-corrected chi connectivity index (χ2v) is 10.6. The van der Waals surface area contributed by atoms with Crippen molar-refractivity contribution in [3.63, 3.8) is 0 Å². The third kappa shape index (κ3) is 12.9. The van der Waals surface area contributed by atoms with Crippen LogP contribution in [0, 0.1) is 11.8 Å². The molecule has 2 rings (SSSR count). The van der Waals surface area contributed by atoms with Crippen molar-refractivity contribution in [2.45, 2.75) is 71.1 Å². The highest BCUT2D eigenvalue weighted by molar-refractivity contribution is 5.89. The van der Waals surface area contributed by atoms with Crippen LogP contribution in [-0.4, -0.2) is 65.2 Å². The predicted molar refractivity (Wildman–Crippen MR) is 155 cm³/mol. The second-order valence-electron chi connectivity index (χ2n) is 10.6. The summed E-state index contributed by atoms with van der Waals surface area (Å²) in [6, 6.07) is 15.6. The van der Waals surface area contributed by atoms with E-state index in [1.165, 1.54) is 0 Å². The highest BCUT2D eigenvalue weighted by Gasteiger charge is 2.30. The largest absolute Gasteiger partial charge is 0.484 e. The van der Waals surface area contributed by atoms with Gasteiger partial charge in [-0.1, -0.05) is 75.7 Å². The van der Waals surface area contributed by atoms with Crippen molar-refractivity contribution in [1.29, 1.82) is 0 Å². The lowest BCUT2D eigenvalue weighted by molar-refractivity contribution is -0.144. The van der Waals surface area contributed by atoms with Crippen molar-refractivity contribution < 1.29 is 34.1 Å². The Balaban J connectivity index is 2.07. The molecule has 4 atom stereocenters. The van der Waals surface area contributed by atoms with Crippen LogP contribution in [0.5, 0.6) is 5.75 Å². The molecular weight excluding hydrogens is 526 g/mol. The fourth-order valence-corrected chi connectivity index (χ4v) is 4.31. The first-order chi connectivity index (χ1) is 19.6. The first kappa shape index (κ1) is 33.3. The van der Waals surface area contributed by atoms with Crippen molar-refractivity contribution in [2.24, 2.45) is 11.8 Å². The van der Waals surface area contributed by atoms with Gasteiger partial charge in [-0.2, -0.15) is 0 Å². The molecule has 0 unspecified atom stereocenters. The van der Waals surface area contributed by atoms with Crippen LogP contribution in [-0.2, 0) is 25.6 Å². The number of aliphatic carboxylic acids is 1. The fraction of sp³-hybridized carbons (Fsp3) is 0.484. The van der Waals surface area contributed by atoms with E-state index in [-0.39, 0.29) is 24.7 Å². The first-order valence-corrected chi connectivity index (χ1v) is 14.1. The molecule has 2 aromatic rings. The van der Waals surface area contributed by atoms with Gasteiger partial charge >= 0.3 is 5.97 Å². The number of ether oxygens (including phenoxy) is 1. The van der Waals surface area contributed by atoms with Gasteiger partial charge in [0.15, 0.2) is 6.61 Å². The topological polar surface area (TPSA) is 154 Å². The number of carbonyl (C=O) groups is 4. The quantitative estimate of drug-likeness (QED) is 0.185. The van der Waals surface area contributed by atoms with E-state index < -0.39 is 54.9 Å². The molecule has 10 nitrogen and oxygen atoms in total. The van der Waals surface area contributed by atoms with Crippen LogP contribution in [0.2, 0.25) is 0 Å². The molecule has 0 heterocycles. The zero-order valence-corrected chi connectivity index (χ0v) is 24.0. The van der Waals surface area contributed by atoms with Crippen LogP contribution < -0.4 is 20.7 Å². The van der Waals surface area contributed by atoms with E-state index in [4.69, 9.17) is 4.74 Å². The molecule has 5 N–H and O–H groups in total. The Morgan fingerprint density at radius 1 is 0.902 bits per heavy atom. The van der Waals surface area contributed by atoms with E-state index in [1.807, 2.05) is 51.1 Å². The Kier molecular flexibility index (Phi) is 14.4. The van der Waals surface area contributed by atoms with Crippen molar-refractivity contribution in [2.75, 3.05) is 13.2 Å². The van der Waals surface area contributed by atoms with Crippen LogP contribution in [0.15, 0.2) is 60.7 Å². The van der Waals surface area contributed by atoms with Gasteiger partial charge in [-0.25, -0.2) is 4.79 Å². The number of rotatable bonds is 18. The summed E-state index contributed by atoms with van der Waals surface area (Å²) in [6.07, 6.45) is 0.109. The third-order valence-electron chi connectivity index (χ3n) is 6.46. The molecule has 0 spiro atoms. The molecule has 10 heteroatoms. The highest BCUT2D eigenvalue weighted by Crippen LogP contribution is 2.19. The lowest BCUT2D eigenvalue weighted by Crippen LogP contribution is -2.50. The average Bonchev–Trinajstić information content (AvgIpc) is 2.94. The van der Waals surface area contributed by atoms with E-state index >= 15 is 0 Å². The Morgan fingerprint density at radius 2 is 1.54 bits per heavy atom. The molecule has 0 aliphatic heterocycles. The summed E-state index contributed by atoms with van der Waals surface area (Å²) in [5, 5.41) is 28.8. The number of aliphatic hydroxyl groups is 1. The number of hydrogen-bond donors (Lipinski definition) is 5. The molecule has 0 fully saturated rings. The summed E-state index contributed by atoms with van der Waals surface area (Å²) in [5.41, 5.74) is 0.856. The molecule has 0 bridgehead atoms. The molecule has 0 saturated carbocycles. The first-order valence-electron chi connectivity index (χ1n) is 14.1. The van der Waals surface area contributed by atoms with Gasteiger partial charge in [0.2, 0.25) is 11.8 Å². The standard InChI is InChI=1S/C31H43N3O7/c1-4-11-23(30(38)32-19-21(2)3)17-27(35)25(16-22-12-7-5-8-13-22)33-28(36)18-26(31(39)40)34-29(37)20-41-24-14-9-6-10-15-24/h5-10,12-15,21,23,25-27,35H,4,11,16-20H2,1-3H3,(H,32,38)(H,33,36)(H,34,37)(H,39,40)/t23-,25+,26+,27+/m1/s1. The number of aliphatic hydroxyl groups excluding tert-OH is 1. The number of para-hydroxylation sites is 1. The SMILES string of the molecule is CCC[C@H](C[C@H](O)[C@H](Cc1ccccc1)NC(=O)C[C@H](NC(=O)COc1ccccc1)C(=O)O)C(=O)NCC(C)C. The van der Waals surface area contributed by atoms with Gasteiger partial charge in [-0.05, 0) is 42.9 Å². The van der Waals surface area contributed by atoms with E-state index in [1.54, 1.807) is 30.3 Å². The number of hydrogen-bond acceptors (Lipinski definition) is 6. The maximum Gasteiger partial charge on any atom is 0.326 e. The fourth-order valence-electron chi connectivity index (χ4n) is 4.31. The van der Waals surface area contributed by atoms with Gasteiger partial charge in [-0.15, -0.1) is 0 Å². The molecule has 0 aliphatic carbocycles. The molecule has 0 radical (unpaired) electrons. The summed E-state index contributed by atoms with van der Waals surface area (Å²) in [7, 11) is 0. The minimum atomic E-state index is -1.49. The second kappa shape index (κ2) is 17.7. The molecule has 2 aromatic carbocycles. The predicted octanol–water partition coefficient (Wildman–Crippen LogP) is 2.69. The van der Waals surface area contributed by atoms with Gasteiger partial charge in [0.25, 0.3) is 5.91 Å². The molecular formula is C31H43N3O7. The molecule has 224 valence electrons. The summed E-state index contributed by atoms with van der Waals surface area (Å²) in [4.78, 5) is 50.0. The minimum Gasteiger partial charge on any atom is -0.484 e. The average molecular weight is 570 g/mol. The zero-order valence-electron chi connectivity index (χ0n) is 24.0. The highest BCUT2D eigenvalue weighted by atomic mass is 16.5. The van der Waals surface area contributed by atoms with E-state index in [0.29, 0.717) is 18.7 Å². The lowest BCUT2D eigenvalue weighted by atomic mass is 9.90. The Morgan fingerprint density at radius 3 is 2.12 bits per heavy atom. The van der Waals surface area contributed by atoms with Crippen LogP contribution in [0.4, 0.5) is 0 Å². The number of carboxylic acid groups (broad SMARTS) is 1. The van der Waals surface area contributed by atoms with Crippen molar-refractivity contribution in [3.8, 4) is 5.75 Å². The molecule has 0 aromatic heterocycles. The lowest BCUT2D eigenvalue weighted by Gasteiger charge is -2.28. The maximum absolute atomic E-state index is 13.0. The number of carbonyl (C=O) groups excluding carboxylic acids is 3. The number of nitrogens with one attached hydrogen (secondary N) is 3. The normalized spacial score (nSPS) is 13.9. The van der Waals surface area contributed by atoms with Gasteiger partial charge < -0.3 is 30.9 Å². The molecule has 0 aliphatic rings. The number of benzene rings is 2. The number of carboxylic acids is 1. The summed E-state index contributed by atoms with van der Waals surface area (Å²) < 4.78 is 5.35. The van der Waals surface area contributed by atoms with Crippen molar-refractivity contribution >= 4 is 23.7 Å². The van der Waals surface area contributed by atoms with Gasteiger partial charge in [-0.3, -0.25) is 14.4 Å². The Hall–Kier alpha value is -3.92. The summed E-state index contributed by atoms with van der Waals surface area (Å²) in [6.45, 7) is 6.07. The van der Waals surface area contributed by atoms with Crippen LogP contribution in [0.1, 0.15) is 52.0 Å². The molecule has 3 amide bonds. The molecule has 41 heavy (non-hydrogen) atoms. The smallest absolute Gasteiger partial charge is 0.326 e. The summed E-state index contributed by atoms with van der Waals surface area (Å²) in [5.74, 6) is -2.58. The van der Waals surface area contributed by atoms with Crippen molar-refractivity contribution in [3.05, 3.63) is 66.2 Å². The van der Waals surface area contributed by atoms with Gasteiger partial charge in [0.1, 0.15) is 11.8 Å². The number of amides is 3. The minimum absolute atomic E-state index is 0.130. The van der Waals surface area contributed by atoms with E-state index in [2.05, 4.69) is 16.0 Å². The van der Waals surface area contributed by atoms with Gasteiger partial charge in [0, 0.05) is 12.5 Å². The summed E-state index contributed by atoms with van der Waals surface area (Å²) >= 11 is 0. The Labute approximate surface area is 241 Å². The van der Waals surface area contributed by atoms with Crippen LogP contribution in [0.25, 0.3) is 0 Å². The third-order valence-corrected chi connectivity index (χ3v) is 6.46. The van der Waals surface area contributed by atoms with E-state index in [0.717, 1.165) is 12.0 Å². The Bertz CT molecular complexity index is 1100. The monoisotopic (exact) mass is 569 g/mol. The molecule has 0 saturated heterocycles. The van der Waals surface area contributed by atoms with Crippen LogP contribution >= 0.6 is 0 Å². The van der Waals surface area contributed by atoms with Gasteiger partial charge in [0.05, 0.1) is 18.6 Å². The zero-order chi connectivity index (χ0) is 30.2. The maximum atomic E-state index is 13.0.